The van der Waals surface area contributed by atoms with E-state index in [1.54, 1.807) is 0 Å². The first-order valence-electron chi connectivity index (χ1n) is 18.9. The minimum atomic E-state index is 0. The van der Waals surface area contributed by atoms with E-state index >= 15 is 0 Å². The van der Waals surface area contributed by atoms with Crippen LogP contribution in [0.5, 0.6) is 0 Å². The molecule has 3 nitrogen and oxygen atoms in total. The maximum atomic E-state index is 4.52. The van der Waals surface area contributed by atoms with Crippen molar-refractivity contribution in [2.24, 2.45) is 0 Å². The molecule has 270 valence electrons. The molecule has 53 heavy (non-hydrogen) atoms. The fourth-order valence-electron chi connectivity index (χ4n) is 7.52. The van der Waals surface area contributed by atoms with Crippen molar-refractivity contribution in [1.82, 2.24) is 14.1 Å². The van der Waals surface area contributed by atoms with E-state index in [1.165, 1.54) is 66.9 Å². The Balaban J connectivity index is 0.000000286. The second kappa shape index (κ2) is 16.1. The largest absolute Gasteiger partial charge is 1.00 e. The number of para-hydroxylation sites is 4. The minimum absolute atomic E-state index is 0. The number of fused-ring (bicyclic) bond motifs is 4. The third kappa shape index (κ3) is 7.41. The van der Waals surface area contributed by atoms with E-state index in [0.717, 1.165) is 11.0 Å². The van der Waals surface area contributed by atoms with Crippen LogP contribution in [0.25, 0.3) is 32.9 Å². The Morgan fingerprint density at radius 3 is 1.28 bits per heavy atom. The van der Waals surface area contributed by atoms with Crippen LogP contribution in [-0.2, 0) is 22.4 Å². The molecule has 0 N–H and O–H groups in total. The van der Waals surface area contributed by atoms with Crippen LogP contribution in [0.15, 0.2) is 133 Å². The van der Waals surface area contributed by atoms with Crippen molar-refractivity contribution in [3.63, 3.8) is 0 Å². The zero-order chi connectivity index (χ0) is 36.5. The molecule has 1 aliphatic rings. The molecular formula is C49H50AuN3+2. The van der Waals surface area contributed by atoms with Crippen molar-refractivity contribution in [3.8, 4) is 11.1 Å². The Kier molecular flexibility index (Phi) is 11.5. The molecule has 1 aromatic heterocycles. The van der Waals surface area contributed by atoms with E-state index in [4.69, 9.17) is 0 Å². The van der Waals surface area contributed by atoms with Crippen LogP contribution in [0.2, 0.25) is 0 Å². The summed E-state index contributed by atoms with van der Waals surface area (Å²) in [5.74, 6) is 1.58. The maximum absolute atomic E-state index is 4.52. The van der Waals surface area contributed by atoms with E-state index in [0.29, 0.717) is 23.7 Å². The molecule has 0 spiro atoms. The molecule has 0 saturated heterocycles. The summed E-state index contributed by atoms with van der Waals surface area (Å²) >= 11 is 0. The van der Waals surface area contributed by atoms with E-state index in [-0.39, 0.29) is 22.4 Å². The van der Waals surface area contributed by atoms with Gasteiger partial charge in [-0.05, 0) is 60.8 Å². The van der Waals surface area contributed by atoms with Crippen molar-refractivity contribution in [2.45, 2.75) is 79.1 Å². The quantitative estimate of drug-likeness (QED) is 0.115. The summed E-state index contributed by atoms with van der Waals surface area (Å²) in [6.45, 7) is 18.3. The minimum Gasteiger partial charge on any atom is -0.657 e. The molecule has 0 unspecified atom stereocenters. The van der Waals surface area contributed by atoms with Gasteiger partial charge in [-0.25, -0.2) is 0 Å². The van der Waals surface area contributed by atoms with Crippen molar-refractivity contribution in [1.29, 1.82) is 0 Å². The van der Waals surface area contributed by atoms with Gasteiger partial charge in [0.25, 0.3) is 11.4 Å². The second-order valence-electron chi connectivity index (χ2n) is 15.2. The van der Waals surface area contributed by atoms with Crippen LogP contribution < -0.4 is 14.1 Å². The molecule has 0 radical (unpaired) electrons. The summed E-state index contributed by atoms with van der Waals surface area (Å²) in [5.41, 5.74) is 14.9. The smallest absolute Gasteiger partial charge is 0.657 e. The zero-order valence-electron chi connectivity index (χ0n) is 32.2. The number of rotatable bonds is 7. The molecule has 7 aromatic rings. The summed E-state index contributed by atoms with van der Waals surface area (Å²) < 4.78 is 4.70. The normalized spacial score (nSPS) is 12.2. The number of hydrogen-bond acceptors (Lipinski definition) is 0. The van der Waals surface area contributed by atoms with Gasteiger partial charge in [0.2, 0.25) is 11.4 Å². The van der Waals surface area contributed by atoms with Gasteiger partial charge in [0.15, 0.2) is 0 Å². The third-order valence-corrected chi connectivity index (χ3v) is 10.2. The summed E-state index contributed by atoms with van der Waals surface area (Å²) in [7, 11) is 0. The predicted octanol–water partition coefficient (Wildman–Crippen LogP) is 13.7. The molecule has 0 amide bonds. The SMILES string of the molecule is CC(C)c1cccc(C(C)C)c1[N+]1=C=[N+](c2c(C(C)C)cccc2C(C)C)c2cc(-c3ccccc3)ccc21.[Au+].c1ccc2c(c1)[n-]c1ccccc12. The maximum Gasteiger partial charge on any atom is 1.00 e. The zero-order valence-corrected chi connectivity index (χ0v) is 34.3. The first kappa shape index (κ1) is 38.0. The Labute approximate surface area is 331 Å². The number of aromatic nitrogens is 1. The van der Waals surface area contributed by atoms with Crippen LogP contribution in [-0.4, -0.2) is 6.01 Å². The van der Waals surface area contributed by atoms with Crippen LogP contribution in [0.3, 0.4) is 0 Å². The molecule has 0 bridgehead atoms. The van der Waals surface area contributed by atoms with Gasteiger partial charge in [0.1, 0.15) is 0 Å². The van der Waals surface area contributed by atoms with E-state index in [9.17, 15) is 0 Å². The molecule has 6 aromatic carbocycles. The monoisotopic (exact) mass is 877 g/mol. The summed E-state index contributed by atoms with van der Waals surface area (Å²) in [6.07, 6.45) is 0. The number of nitrogens with zero attached hydrogens (tertiary/aromatic N) is 3. The van der Waals surface area contributed by atoms with Crippen molar-refractivity contribution >= 4 is 50.6 Å². The topological polar surface area (TPSA) is 20.1 Å². The van der Waals surface area contributed by atoms with E-state index in [2.05, 4.69) is 197 Å². The average molecular weight is 878 g/mol. The van der Waals surface area contributed by atoms with Gasteiger partial charge < -0.3 is 4.98 Å². The standard InChI is InChI=1S/C37H42N2.C12H8N.Au/c1-24(2)30-16-12-17-31(25(3)4)36(30)38-23-39(37-32(26(5)6)18-13-19-33(37)27(7)8)35-22-29(20-21-34(35)38)28-14-10-9-11-15-28;1-3-7-11-9(5-1)10-6-2-4-8-12(10)13-11;/h9-22,24-27H,1-8H3;1-8H;/q+2;-1;+1. The average Bonchev–Trinajstić information content (AvgIpc) is 3.73. The van der Waals surface area contributed by atoms with E-state index < -0.39 is 0 Å². The van der Waals surface area contributed by atoms with Gasteiger partial charge in [0.05, 0.1) is 0 Å². The predicted molar refractivity (Wildman–Crippen MR) is 224 cm³/mol. The fourth-order valence-corrected chi connectivity index (χ4v) is 7.52. The molecule has 1 aliphatic heterocycles. The van der Waals surface area contributed by atoms with Crippen molar-refractivity contribution in [3.05, 3.63) is 156 Å². The van der Waals surface area contributed by atoms with Gasteiger partial charge in [-0.15, -0.1) is 11.0 Å². The molecule has 0 fully saturated rings. The molecule has 2 heterocycles. The van der Waals surface area contributed by atoms with E-state index in [1.807, 2.05) is 12.1 Å². The fraction of sp³-hybridized carbons (Fsp3) is 0.245. The Morgan fingerprint density at radius 1 is 0.415 bits per heavy atom. The van der Waals surface area contributed by atoms with Crippen LogP contribution >= 0.6 is 0 Å². The third-order valence-electron chi connectivity index (χ3n) is 10.2. The Bertz CT molecular complexity index is 2360. The molecule has 0 saturated carbocycles. The molecule has 0 aliphatic carbocycles. The molecular weight excluding hydrogens is 828 g/mol. The van der Waals surface area contributed by atoms with Crippen LogP contribution in [0.1, 0.15) is 101 Å². The first-order chi connectivity index (χ1) is 25.1. The number of benzene rings is 6. The molecule has 0 atom stereocenters. The summed E-state index contributed by atoms with van der Waals surface area (Å²) in [6, 6.07) is 51.6. The van der Waals surface area contributed by atoms with Gasteiger partial charge in [-0.2, -0.15) is 0 Å². The number of hydrogen-bond donors (Lipinski definition) is 0. The van der Waals surface area contributed by atoms with Crippen molar-refractivity contribution in [2.75, 3.05) is 0 Å². The van der Waals surface area contributed by atoms with Gasteiger partial charge >= 0.3 is 28.4 Å². The Hall–Kier alpha value is -4.76. The first-order valence-corrected chi connectivity index (χ1v) is 18.9. The summed E-state index contributed by atoms with van der Waals surface area (Å²) in [4.78, 5) is 4.52. The van der Waals surface area contributed by atoms with Crippen LogP contribution in [0.4, 0.5) is 22.7 Å². The van der Waals surface area contributed by atoms with Gasteiger partial charge in [0, 0.05) is 34.4 Å². The van der Waals surface area contributed by atoms with Gasteiger partial charge in [-0.1, -0.05) is 171 Å². The second-order valence-corrected chi connectivity index (χ2v) is 15.2. The van der Waals surface area contributed by atoms with Crippen LogP contribution in [0, 0.1) is 0 Å². The van der Waals surface area contributed by atoms with Gasteiger partial charge in [-0.3, -0.25) is 0 Å². The molecule has 8 rings (SSSR count). The summed E-state index contributed by atoms with van der Waals surface area (Å²) in [5, 5.41) is 2.50. The molecule has 4 heteroatoms. The van der Waals surface area contributed by atoms with Crippen molar-refractivity contribution < 1.29 is 22.4 Å². The Morgan fingerprint density at radius 2 is 0.830 bits per heavy atom.